The minimum Gasteiger partial charge on any atom is -0.438 e. The summed E-state index contributed by atoms with van der Waals surface area (Å²) in [6.45, 7) is 4.03. The third-order valence-corrected chi connectivity index (χ3v) is 0.842. The summed E-state index contributed by atoms with van der Waals surface area (Å²) in [6.07, 6.45) is 0.962. The minimum absolute atomic E-state index is 0.206. The van der Waals surface area contributed by atoms with Gasteiger partial charge in [-0.1, -0.05) is 0 Å². The van der Waals surface area contributed by atoms with Gasteiger partial charge in [0.25, 0.3) is 0 Å². The number of carbonyl (C=O) groups is 1. The predicted molar refractivity (Wildman–Crippen MR) is 41.3 cm³/mol. The average molecular weight is 156 g/mol. The Hall–Kier alpha value is -1.21. The molecule has 0 N–H and O–H groups in total. The number of carbonyl (C=O) groups excluding carboxylic acids is 1. The largest absolute Gasteiger partial charge is 0.508 e. The van der Waals surface area contributed by atoms with Crippen LogP contribution in [0.4, 0.5) is 4.79 Å². The van der Waals surface area contributed by atoms with Crippen LogP contribution in [0.5, 0.6) is 0 Å². The van der Waals surface area contributed by atoms with Gasteiger partial charge < -0.3 is 9.47 Å². The van der Waals surface area contributed by atoms with Gasteiger partial charge in [0, 0.05) is 0 Å². The summed E-state index contributed by atoms with van der Waals surface area (Å²) in [6, 6.07) is 0. The van der Waals surface area contributed by atoms with Gasteiger partial charge in [0.2, 0.25) is 0 Å². The maximum atomic E-state index is 10.4. The van der Waals surface area contributed by atoms with Gasteiger partial charge in [-0.25, -0.2) is 4.79 Å². The number of rotatable bonds is 2. The second kappa shape index (κ2) is 5.57. The Bertz CT molecular complexity index is 184. The van der Waals surface area contributed by atoms with E-state index in [-0.39, 0.29) is 6.61 Å². The van der Waals surface area contributed by atoms with Crippen LogP contribution in [0.1, 0.15) is 13.8 Å². The molecule has 0 saturated carbocycles. The first-order valence-electron chi connectivity index (χ1n) is 3.26. The van der Waals surface area contributed by atoms with Gasteiger partial charge in [0.1, 0.15) is 6.61 Å². The highest BCUT2D eigenvalue weighted by atomic mass is 16.7. The summed E-state index contributed by atoms with van der Waals surface area (Å²) < 4.78 is 8.79. The average Bonchev–Trinajstić information content (AvgIpc) is 1.97. The van der Waals surface area contributed by atoms with Crippen LogP contribution in [0, 0.1) is 0 Å². The number of hydrogen-bond acceptors (Lipinski definition) is 3. The second-order valence-corrected chi connectivity index (χ2v) is 2.11. The third kappa shape index (κ3) is 6.68. The molecule has 0 fully saturated rings. The van der Waals surface area contributed by atoms with Crippen LogP contribution in [-0.2, 0) is 9.47 Å². The quantitative estimate of drug-likeness (QED) is 0.452. The topological polar surface area (TPSA) is 35.5 Å². The normalized spacial score (nSPS) is 7.91. The van der Waals surface area contributed by atoms with E-state index in [0.29, 0.717) is 0 Å². The van der Waals surface area contributed by atoms with E-state index in [4.69, 9.17) is 0 Å². The predicted octanol–water partition coefficient (Wildman–Crippen LogP) is 1.89. The van der Waals surface area contributed by atoms with Crippen molar-refractivity contribution in [1.29, 1.82) is 0 Å². The van der Waals surface area contributed by atoms with Crippen molar-refractivity contribution in [3.63, 3.8) is 0 Å². The zero-order chi connectivity index (χ0) is 8.69. The van der Waals surface area contributed by atoms with Crippen molar-refractivity contribution < 1.29 is 14.3 Å². The molecule has 3 nitrogen and oxygen atoms in total. The van der Waals surface area contributed by atoms with Gasteiger partial charge >= 0.3 is 6.16 Å². The second-order valence-electron chi connectivity index (χ2n) is 2.11. The van der Waals surface area contributed by atoms with Crippen LogP contribution in [0.25, 0.3) is 0 Å². The molecule has 0 rings (SSSR count). The fourth-order valence-electron chi connectivity index (χ4n) is 0.414. The molecule has 0 bridgehead atoms. The summed E-state index contributed by atoms with van der Waals surface area (Å²) in [4.78, 5) is 10.4. The highest BCUT2D eigenvalue weighted by Gasteiger charge is 1.94. The van der Waals surface area contributed by atoms with Gasteiger partial charge in [-0.3, -0.25) is 0 Å². The van der Waals surface area contributed by atoms with E-state index in [1.54, 1.807) is 6.08 Å². The lowest BCUT2D eigenvalue weighted by molar-refractivity contribution is 0.0818. The molecule has 0 aliphatic carbocycles. The van der Waals surface area contributed by atoms with E-state index in [1.807, 2.05) is 13.8 Å². The number of hydrogen-bond donors (Lipinski definition) is 0. The first-order valence-corrected chi connectivity index (χ1v) is 3.26. The number of ether oxygens (including phenoxy) is 2. The molecule has 0 amide bonds. The van der Waals surface area contributed by atoms with E-state index < -0.39 is 6.16 Å². The standard InChI is InChI=1S/C8H12O3/c1-7(2)5-4-6-11-8(9)10-3/h4H,6H2,1-3H3. The first-order chi connectivity index (χ1) is 5.16. The van der Waals surface area contributed by atoms with Gasteiger partial charge in [0.05, 0.1) is 7.11 Å². The van der Waals surface area contributed by atoms with Crippen LogP contribution < -0.4 is 0 Å². The van der Waals surface area contributed by atoms with E-state index in [2.05, 4.69) is 15.2 Å². The molecule has 62 valence electrons. The maximum absolute atomic E-state index is 10.4. The van der Waals surface area contributed by atoms with Crippen molar-refractivity contribution in [2.24, 2.45) is 0 Å². The summed E-state index contributed by atoms with van der Waals surface area (Å²) >= 11 is 0. The molecule has 0 aliphatic heterocycles. The Labute approximate surface area is 66.3 Å². The fourth-order valence-corrected chi connectivity index (χ4v) is 0.414. The molecule has 0 aromatic heterocycles. The van der Waals surface area contributed by atoms with E-state index in [1.165, 1.54) is 7.11 Å². The molecule has 0 atom stereocenters. The van der Waals surface area contributed by atoms with Gasteiger partial charge in [-0.05, 0) is 25.5 Å². The molecule has 11 heavy (non-hydrogen) atoms. The van der Waals surface area contributed by atoms with Crippen molar-refractivity contribution in [2.75, 3.05) is 13.7 Å². The monoisotopic (exact) mass is 156 g/mol. The minimum atomic E-state index is -0.670. The Morgan fingerprint density at radius 2 is 2.18 bits per heavy atom. The summed E-state index contributed by atoms with van der Waals surface area (Å²) in [5.41, 5.74) is 3.92. The zero-order valence-corrected chi connectivity index (χ0v) is 7.01. The lowest BCUT2D eigenvalue weighted by Crippen LogP contribution is -2.03. The van der Waals surface area contributed by atoms with Crippen molar-refractivity contribution in [2.45, 2.75) is 13.8 Å². The summed E-state index contributed by atoms with van der Waals surface area (Å²) in [5.74, 6) is 0. The molecule has 0 radical (unpaired) electrons. The molecule has 3 heteroatoms. The Morgan fingerprint density at radius 1 is 1.55 bits per heavy atom. The lowest BCUT2D eigenvalue weighted by Gasteiger charge is -1.96. The smallest absolute Gasteiger partial charge is 0.438 e. The zero-order valence-electron chi connectivity index (χ0n) is 7.01. The van der Waals surface area contributed by atoms with Crippen molar-refractivity contribution in [3.05, 3.63) is 17.4 Å². The van der Waals surface area contributed by atoms with Crippen LogP contribution >= 0.6 is 0 Å². The maximum Gasteiger partial charge on any atom is 0.508 e. The Kier molecular flexibility index (Phi) is 4.95. The lowest BCUT2D eigenvalue weighted by atomic mass is 10.4. The van der Waals surface area contributed by atoms with Gasteiger partial charge in [-0.15, -0.1) is 5.73 Å². The Balaban J connectivity index is 3.58. The summed E-state index contributed by atoms with van der Waals surface area (Å²) in [7, 11) is 1.27. The summed E-state index contributed by atoms with van der Waals surface area (Å²) in [5, 5.41) is 0. The van der Waals surface area contributed by atoms with E-state index in [0.717, 1.165) is 5.57 Å². The van der Waals surface area contributed by atoms with Crippen molar-refractivity contribution >= 4 is 6.16 Å². The first kappa shape index (κ1) is 9.79. The molecule has 0 aromatic carbocycles. The van der Waals surface area contributed by atoms with Crippen molar-refractivity contribution in [3.8, 4) is 0 Å². The van der Waals surface area contributed by atoms with Crippen LogP contribution in [0.15, 0.2) is 17.4 Å². The third-order valence-electron chi connectivity index (χ3n) is 0.842. The molecular weight excluding hydrogens is 144 g/mol. The molecule has 0 aromatic rings. The molecular formula is C8H12O3. The SMILES string of the molecule is COC(=O)OCC=C=C(C)C. The van der Waals surface area contributed by atoms with Crippen LogP contribution in [-0.4, -0.2) is 19.9 Å². The van der Waals surface area contributed by atoms with Gasteiger partial charge in [-0.2, -0.15) is 0 Å². The highest BCUT2D eigenvalue weighted by molar-refractivity contribution is 5.59. The van der Waals surface area contributed by atoms with E-state index in [9.17, 15) is 4.79 Å². The molecule has 0 unspecified atom stereocenters. The Morgan fingerprint density at radius 3 is 2.64 bits per heavy atom. The van der Waals surface area contributed by atoms with Crippen LogP contribution in [0.2, 0.25) is 0 Å². The highest BCUT2D eigenvalue weighted by Crippen LogP contribution is 1.85. The fraction of sp³-hybridized carbons (Fsp3) is 0.500. The molecule has 0 aliphatic rings. The molecule has 0 spiro atoms. The van der Waals surface area contributed by atoms with E-state index >= 15 is 0 Å². The van der Waals surface area contributed by atoms with Crippen LogP contribution in [0.3, 0.4) is 0 Å². The molecule has 0 saturated heterocycles. The molecule has 0 heterocycles. The van der Waals surface area contributed by atoms with Gasteiger partial charge in [0.15, 0.2) is 0 Å². The van der Waals surface area contributed by atoms with Crippen molar-refractivity contribution in [1.82, 2.24) is 0 Å². The number of methoxy groups -OCH3 is 1.